The van der Waals surface area contributed by atoms with Gasteiger partial charge in [0.1, 0.15) is 6.04 Å². The maximum absolute atomic E-state index is 11.9. The fourth-order valence-electron chi connectivity index (χ4n) is 1.70. The summed E-state index contributed by atoms with van der Waals surface area (Å²) >= 11 is 0. The van der Waals surface area contributed by atoms with Crippen molar-refractivity contribution < 1.29 is 14.3 Å². The van der Waals surface area contributed by atoms with Crippen molar-refractivity contribution in [1.82, 2.24) is 5.32 Å². The number of nitrogens with one attached hydrogen (secondary N) is 1. The molecule has 0 bridgehead atoms. The predicted octanol–water partition coefficient (Wildman–Crippen LogP) is 1.07. The SMILES string of the molecule is COC(=O)[C@H](CC(C)C)NC(=O)C(C)CCCN. The number of methoxy groups -OCH3 is 1. The molecule has 1 amide bonds. The number of amides is 1. The molecule has 0 aromatic carbocycles. The summed E-state index contributed by atoms with van der Waals surface area (Å²) in [5, 5.41) is 2.75. The van der Waals surface area contributed by atoms with E-state index in [2.05, 4.69) is 5.32 Å². The average molecular weight is 258 g/mol. The second kappa shape index (κ2) is 8.91. The molecule has 0 heterocycles. The molecular weight excluding hydrogens is 232 g/mol. The van der Waals surface area contributed by atoms with E-state index >= 15 is 0 Å². The van der Waals surface area contributed by atoms with E-state index in [1.165, 1.54) is 7.11 Å². The minimum atomic E-state index is -0.553. The van der Waals surface area contributed by atoms with Crippen LogP contribution in [0.1, 0.15) is 40.0 Å². The molecule has 1 unspecified atom stereocenters. The Hall–Kier alpha value is -1.10. The predicted molar refractivity (Wildman–Crippen MR) is 70.9 cm³/mol. The quantitative estimate of drug-likeness (QED) is 0.638. The van der Waals surface area contributed by atoms with Gasteiger partial charge in [-0.05, 0) is 31.7 Å². The summed E-state index contributed by atoms with van der Waals surface area (Å²) in [6.07, 6.45) is 2.13. The average Bonchev–Trinajstić information content (AvgIpc) is 2.33. The first-order valence-electron chi connectivity index (χ1n) is 6.50. The van der Waals surface area contributed by atoms with Crippen LogP contribution in [0.25, 0.3) is 0 Å². The highest BCUT2D eigenvalue weighted by atomic mass is 16.5. The highest BCUT2D eigenvalue weighted by molar-refractivity contribution is 5.85. The Labute approximate surface area is 109 Å². The van der Waals surface area contributed by atoms with Crippen LogP contribution in [-0.4, -0.2) is 31.6 Å². The Kier molecular flexibility index (Phi) is 8.37. The van der Waals surface area contributed by atoms with Crippen LogP contribution in [0.2, 0.25) is 0 Å². The van der Waals surface area contributed by atoms with Crippen molar-refractivity contribution in [3.8, 4) is 0 Å². The summed E-state index contributed by atoms with van der Waals surface area (Å²) in [7, 11) is 1.33. The van der Waals surface area contributed by atoms with Gasteiger partial charge in [-0.15, -0.1) is 0 Å². The van der Waals surface area contributed by atoms with Gasteiger partial charge in [-0.1, -0.05) is 20.8 Å². The second-order valence-electron chi connectivity index (χ2n) is 5.05. The molecule has 0 fully saturated rings. The van der Waals surface area contributed by atoms with Crippen molar-refractivity contribution in [1.29, 1.82) is 0 Å². The number of hydrogen-bond acceptors (Lipinski definition) is 4. The molecule has 0 aromatic heterocycles. The van der Waals surface area contributed by atoms with Crippen LogP contribution in [0, 0.1) is 11.8 Å². The van der Waals surface area contributed by atoms with Crippen molar-refractivity contribution in [2.75, 3.05) is 13.7 Å². The number of carbonyl (C=O) groups excluding carboxylic acids is 2. The van der Waals surface area contributed by atoms with Crippen LogP contribution in [0.5, 0.6) is 0 Å². The molecule has 0 radical (unpaired) electrons. The maximum Gasteiger partial charge on any atom is 0.328 e. The Balaban J connectivity index is 4.38. The van der Waals surface area contributed by atoms with Crippen molar-refractivity contribution >= 4 is 11.9 Å². The Bertz CT molecular complexity index is 267. The first kappa shape index (κ1) is 16.9. The highest BCUT2D eigenvalue weighted by Gasteiger charge is 2.24. The Morgan fingerprint density at radius 3 is 2.33 bits per heavy atom. The number of nitrogens with two attached hydrogens (primary N) is 1. The molecule has 0 aliphatic carbocycles. The lowest BCUT2D eigenvalue weighted by Gasteiger charge is -2.20. The van der Waals surface area contributed by atoms with E-state index in [1.807, 2.05) is 20.8 Å². The van der Waals surface area contributed by atoms with Crippen LogP contribution in [0.4, 0.5) is 0 Å². The van der Waals surface area contributed by atoms with E-state index in [-0.39, 0.29) is 17.8 Å². The van der Waals surface area contributed by atoms with E-state index in [0.717, 1.165) is 12.8 Å². The van der Waals surface area contributed by atoms with Gasteiger partial charge in [0.05, 0.1) is 7.11 Å². The molecule has 0 aromatic rings. The van der Waals surface area contributed by atoms with Crippen LogP contribution in [0.15, 0.2) is 0 Å². The molecular formula is C13H26N2O3. The fourth-order valence-corrected chi connectivity index (χ4v) is 1.70. The zero-order chi connectivity index (χ0) is 14.1. The normalized spacial score (nSPS) is 14.1. The van der Waals surface area contributed by atoms with Crippen molar-refractivity contribution in [3.63, 3.8) is 0 Å². The number of esters is 1. The minimum absolute atomic E-state index is 0.112. The van der Waals surface area contributed by atoms with Crippen LogP contribution < -0.4 is 11.1 Å². The lowest BCUT2D eigenvalue weighted by molar-refractivity contribution is -0.146. The van der Waals surface area contributed by atoms with E-state index in [1.54, 1.807) is 0 Å². The van der Waals surface area contributed by atoms with Crippen molar-refractivity contribution in [2.45, 2.75) is 46.1 Å². The fraction of sp³-hybridized carbons (Fsp3) is 0.846. The summed E-state index contributed by atoms with van der Waals surface area (Å²) in [5.41, 5.74) is 5.41. The van der Waals surface area contributed by atoms with Crippen molar-refractivity contribution in [3.05, 3.63) is 0 Å². The first-order valence-corrected chi connectivity index (χ1v) is 6.50. The molecule has 2 atom stereocenters. The molecule has 0 rings (SSSR count). The van der Waals surface area contributed by atoms with E-state index < -0.39 is 6.04 Å². The molecule has 106 valence electrons. The van der Waals surface area contributed by atoms with Gasteiger partial charge in [0.15, 0.2) is 0 Å². The van der Waals surface area contributed by atoms with Gasteiger partial charge in [0.2, 0.25) is 5.91 Å². The molecule has 0 saturated carbocycles. The Morgan fingerprint density at radius 1 is 1.28 bits per heavy atom. The molecule has 3 N–H and O–H groups in total. The second-order valence-corrected chi connectivity index (χ2v) is 5.05. The van der Waals surface area contributed by atoms with Crippen molar-refractivity contribution in [2.24, 2.45) is 17.6 Å². The third-order valence-corrected chi connectivity index (χ3v) is 2.80. The number of hydrogen-bond donors (Lipinski definition) is 2. The molecule has 18 heavy (non-hydrogen) atoms. The molecule has 0 spiro atoms. The third-order valence-electron chi connectivity index (χ3n) is 2.80. The van der Waals surface area contributed by atoms with Gasteiger partial charge in [-0.3, -0.25) is 4.79 Å². The first-order chi connectivity index (χ1) is 8.42. The number of rotatable bonds is 8. The lowest BCUT2D eigenvalue weighted by Crippen LogP contribution is -2.44. The van der Waals surface area contributed by atoms with Gasteiger partial charge >= 0.3 is 5.97 Å². The minimum Gasteiger partial charge on any atom is -0.467 e. The smallest absolute Gasteiger partial charge is 0.328 e. The van der Waals surface area contributed by atoms with Gasteiger partial charge in [0, 0.05) is 5.92 Å². The zero-order valence-electron chi connectivity index (χ0n) is 11.9. The molecule has 0 aliphatic heterocycles. The summed E-state index contributed by atoms with van der Waals surface area (Å²) in [6, 6.07) is -0.553. The summed E-state index contributed by atoms with van der Waals surface area (Å²) in [4.78, 5) is 23.5. The summed E-state index contributed by atoms with van der Waals surface area (Å²) in [5.74, 6) is -0.316. The zero-order valence-corrected chi connectivity index (χ0v) is 11.9. The van der Waals surface area contributed by atoms with Gasteiger partial charge in [-0.25, -0.2) is 4.79 Å². The largest absolute Gasteiger partial charge is 0.467 e. The molecule has 0 aliphatic rings. The maximum atomic E-state index is 11.9. The topological polar surface area (TPSA) is 81.4 Å². The Morgan fingerprint density at radius 2 is 1.89 bits per heavy atom. The summed E-state index contributed by atoms with van der Waals surface area (Å²) in [6.45, 7) is 6.42. The highest BCUT2D eigenvalue weighted by Crippen LogP contribution is 2.09. The molecule has 5 nitrogen and oxygen atoms in total. The number of ether oxygens (including phenoxy) is 1. The third kappa shape index (κ3) is 6.59. The van der Waals surface area contributed by atoms with Gasteiger partial charge in [0.25, 0.3) is 0 Å². The van der Waals surface area contributed by atoms with Gasteiger partial charge in [-0.2, -0.15) is 0 Å². The molecule has 5 heteroatoms. The number of carbonyl (C=O) groups is 2. The summed E-state index contributed by atoms with van der Waals surface area (Å²) < 4.78 is 4.70. The lowest BCUT2D eigenvalue weighted by atomic mass is 10.0. The van der Waals surface area contributed by atoms with Crippen LogP contribution >= 0.6 is 0 Å². The van der Waals surface area contributed by atoms with E-state index in [0.29, 0.717) is 18.9 Å². The molecule has 0 saturated heterocycles. The van der Waals surface area contributed by atoms with Gasteiger partial charge < -0.3 is 15.8 Å². The standard InChI is InChI=1S/C13H26N2O3/c1-9(2)8-11(13(17)18-4)15-12(16)10(3)6-5-7-14/h9-11H,5-8,14H2,1-4H3,(H,15,16)/t10?,11-/m0/s1. The van der Waals surface area contributed by atoms with E-state index in [4.69, 9.17) is 10.5 Å². The van der Waals surface area contributed by atoms with Crippen LogP contribution in [0.3, 0.4) is 0 Å². The monoisotopic (exact) mass is 258 g/mol. The van der Waals surface area contributed by atoms with E-state index in [9.17, 15) is 9.59 Å². The van der Waals surface area contributed by atoms with Crippen LogP contribution in [-0.2, 0) is 14.3 Å².